The van der Waals surface area contributed by atoms with Crippen molar-refractivity contribution < 1.29 is 14.3 Å². The smallest absolute Gasteiger partial charge is 0.265 e. The van der Waals surface area contributed by atoms with Crippen LogP contribution in [0.25, 0.3) is 10.2 Å². The predicted molar refractivity (Wildman–Crippen MR) is 105 cm³/mol. The van der Waals surface area contributed by atoms with Gasteiger partial charge in [0.25, 0.3) is 5.91 Å². The molecule has 4 rings (SSSR count). The van der Waals surface area contributed by atoms with Crippen LogP contribution in [-0.4, -0.2) is 22.5 Å². The molecule has 1 aromatic carbocycles. The number of hydrogen-bond acceptors (Lipinski definition) is 6. The molecule has 2 aromatic heterocycles. The topological polar surface area (TPSA) is 91.4 Å². The fraction of sp³-hybridized carbons (Fsp3) is 0.294. The summed E-state index contributed by atoms with van der Waals surface area (Å²) in [4.78, 5) is 14.3. The highest BCUT2D eigenvalue weighted by Crippen LogP contribution is 2.39. The molecule has 0 atom stereocenters. The van der Waals surface area contributed by atoms with Crippen molar-refractivity contribution >= 4 is 51.2 Å². The molecular weight excluding hydrogens is 376 g/mol. The Labute approximate surface area is 160 Å². The molecule has 3 heterocycles. The van der Waals surface area contributed by atoms with Crippen LogP contribution < -0.4 is 20.5 Å². The van der Waals surface area contributed by atoms with Crippen molar-refractivity contribution in [2.75, 3.05) is 17.8 Å². The molecule has 0 bridgehead atoms. The lowest BCUT2D eigenvalue weighted by molar-refractivity contribution is 0.103. The Kier molecular flexibility index (Phi) is 4.72. The summed E-state index contributed by atoms with van der Waals surface area (Å²) in [5.41, 5.74) is 7.94. The summed E-state index contributed by atoms with van der Waals surface area (Å²) in [6.07, 6.45) is 0. The highest BCUT2D eigenvalue weighted by atomic mass is 35.5. The van der Waals surface area contributed by atoms with Gasteiger partial charge in [-0.3, -0.25) is 9.48 Å². The van der Waals surface area contributed by atoms with E-state index in [1.807, 2.05) is 17.8 Å². The van der Waals surface area contributed by atoms with Gasteiger partial charge in [0.1, 0.15) is 4.83 Å². The molecule has 0 saturated carbocycles. The predicted octanol–water partition coefficient (Wildman–Crippen LogP) is 3.74. The van der Waals surface area contributed by atoms with Crippen LogP contribution in [0.3, 0.4) is 0 Å². The van der Waals surface area contributed by atoms with E-state index in [4.69, 9.17) is 15.2 Å². The van der Waals surface area contributed by atoms with Gasteiger partial charge in [-0.15, -0.1) is 23.7 Å². The quantitative estimate of drug-likeness (QED) is 0.660. The molecule has 1 aliphatic heterocycles. The first-order valence-corrected chi connectivity index (χ1v) is 8.72. The third-order valence-electron chi connectivity index (χ3n) is 4.10. The zero-order chi connectivity index (χ0) is 17.7. The number of fused-ring (bicyclic) bond motifs is 2. The third kappa shape index (κ3) is 2.95. The van der Waals surface area contributed by atoms with Gasteiger partial charge in [0.05, 0.1) is 21.9 Å². The second-order valence-corrected chi connectivity index (χ2v) is 7.27. The van der Waals surface area contributed by atoms with E-state index in [0.717, 1.165) is 15.9 Å². The number of benzene rings is 1. The SMILES string of the molecule is CC(C)c1nn(C)c2sc(C(=O)Nc3cc4c(cc3N)OCO4)cc12.Cl. The second kappa shape index (κ2) is 6.69. The number of carbonyl (C=O) groups is 1. The van der Waals surface area contributed by atoms with Gasteiger partial charge in [-0.25, -0.2) is 0 Å². The Morgan fingerprint density at radius 2 is 2.00 bits per heavy atom. The lowest BCUT2D eigenvalue weighted by atomic mass is 10.1. The first kappa shape index (κ1) is 18.3. The molecule has 0 aliphatic carbocycles. The normalized spacial score (nSPS) is 12.5. The van der Waals surface area contributed by atoms with Gasteiger partial charge in [0.15, 0.2) is 11.5 Å². The molecule has 0 spiro atoms. The first-order valence-electron chi connectivity index (χ1n) is 7.91. The molecule has 1 amide bonds. The maximum absolute atomic E-state index is 12.7. The Morgan fingerprint density at radius 1 is 1.31 bits per heavy atom. The van der Waals surface area contributed by atoms with Crippen molar-refractivity contribution in [2.24, 2.45) is 7.05 Å². The van der Waals surface area contributed by atoms with E-state index in [1.54, 1.807) is 12.1 Å². The van der Waals surface area contributed by atoms with E-state index in [0.29, 0.717) is 33.7 Å². The van der Waals surface area contributed by atoms with Gasteiger partial charge in [-0.05, 0) is 12.0 Å². The van der Waals surface area contributed by atoms with Crippen molar-refractivity contribution in [1.82, 2.24) is 9.78 Å². The number of carbonyl (C=O) groups excluding carboxylic acids is 1. The minimum Gasteiger partial charge on any atom is -0.454 e. The molecule has 1 aliphatic rings. The number of thiophene rings is 1. The number of nitrogen functional groups attached to an aromatic ring is 1. The van der Waals surface area contributed by atoms with Gasteiger partial charge in [0.2, 0.25) is 6.79 Å². The number of aromatic nitrogens is 2. The summed E-state index contributed by atoms with van der Waals surface area (Å²) < 4.78 is 12.4. The minimum absolute atomic E-state index is 0. The lowest BCUT2D eigenvalue weighted by Gasteiger charge is -2.08. The van der Waals surface area contributed by atoms with E-state index < -0.39 is 0 Å². The van der Waals surface area contributed by atoms with E-state index >= 15 is 0 Å². The van der Waals surface area contributed by atoms with Crippen LogP contribution in [0.5, 0.6) is 11.5 Å². The van der Waals surface area contributed by atoms with Crippen LogP contribution in [0.4, 0.5) is 11.4 Å². The highest BCUT2D eigenvalue weighted by Gasteiger charge is 2.21. The summed E-state index contributed by atoms with van der Waals surface area (Å²) in [5.74, 6) is 1.25. The largest absolute Gasteiger partial charge is 0.454 e. The van der Waals surface area contributed by atoms with Crippen LogP contribution in [-0.2, 0) is 7.05 Å². The molecule has 0 unspecified atom stereocenters. The van der Waals surface area contributed by atoms with Crippen LogP contribution in [0.2, 0.25) is 0 Å². The molecule has 0 radical (unpaired) electrons. The number of hydrogen-bond donors (Lipinski definition) is 2. The van der Waals surface area contributed by atoms with E-state index in [2.05, 4.69) is 24.3 Å². The standard InChI is InChI=1S/C17H18N4O3S.ClH/c1-8(2)15-9-4-14(25-17(9)21(3)20-15)16(22)19-11-6-13-12(5-10(11)18)23-7-24-13;/h4-6,8H,7,18H2,1-3H3,(H,19,22);1H. The molecule has 3 N–H and O–H groups in total. The number of nitrogens with two attached hydrogens (primary N) is 1. The molecule has 3 aromatic rings. The highest BCUT2D eigenvalue weighted by molar-refractivity contribution is 7.20. The number of ether oxygens (including phenoxy) is 2. The Morgan fingerprint density at radius 3 is 2.69 bits per heavy atom. The zero-order valence-electron chi connectivity index (χ0n) is 14.5. The fourth-order valence-corrected chi connectivity index (χ4v) is 3.83. The summed E-state index contributed by atoms with van der Waals surface area (Å²) >= 11 is 1.41. The number of nitrogens with one attached hydrogen (secondary N) is 1. The van der Waals surface area contributed by atoms with Gasteiger partial charge in [-0.1, -0.05) is 13.8 Å². The van der Waals surface area contributed by atoms with Crippen LogP contribution >= 0.6 is 23.7 Å². The van der Waals surface area contributed by atoms with E-state index in [1.165, 1.54) is 11.3 Å². The van der Waals surface area contributed by atoms with Crippen molar-refractivity contribution in [1.29, 1.82) is 0 Å². The summed E-state index contributed by atoms with van der Waals surface area (Å²) in [7, 11) is 1.89. The maximum Gasteiger partial charge on any atom is 0.265 e. The molecule has 26 heavy (non-hydrogen) atoms. The average Bonchev–Trinajstić information content (AvgIpc) is 3.24. The fourth-order valence-electron chi connectivity index (χ4n) is 2.85. The number of amides is 1. The summed E-state index contributed by atoms with van der Waals surface area (Å²) in [5, 5.41) is 8.41. The monoisotopic (exact) mass is 394 g/mol. The van der Waals surface area contributed by atoms with Crippen LogP contribution in [0.1, 0.15) is 35.1 Å². The van der Waals surface area contributed by atoms with Crippen molar-refractivity contribution in [3.8, 4) is 11.5 Å². The molecule has 7 nitrogen and oxygen atoms in total. The van der Waals surface area contributed by atoms with Gasteiger partial charge < -0.3 is 20.5 Å². The maximum atomic E-state index is 12.7. The average molecular weight is 395 g/mol. The Bertz CT molecular complexity index is 996. The van der Waals surface area contributed by atoms with Crippen molar-refractivity contribution in [3.05, 3.63) is 28.8 Å². The van der Waals surface area contributed by atoms with Crippen LogP contribution in [0, 0.1) is 0 Å². The molecule has 9 heteroatoms. The summed E-state index contributed by atoms with van der Waals surface area (Å²) in [6.45, 7) is 4.34. The van der Waals surface area contributed by atoms with E-state index in [-0.39, 0.29) is 25.1 Å². The molecule has 0 fully saturated rings. The van der Waals surface area contributed by atoms with Gasteiger partial charge >= 0.3 is 0 Å². The van der Waals surface area contributed by atoms with Crippen molar-refractivity contribution in [2.45, 2.75) is 19.8 Å². The Hall–Kier alpha value is -2.45. The number of anilines is 2. The lowest BCUT2D eigenvalue weighted by Crippen LogP contribution is -2.11. The molecule has 138 valence electrons. The minimum atomic E-state index is -0.207. The van der Waals surface area contributed by atoms with Gasteiger partial charge in [0, 0.05) is 24.6 Å². The first-order chi connectivity index (χ1) is 11.9. The molecule has 0 saturated heterocycles. The van der Waals surface area contributed by atoms with E-state index in [9.17, 15) is 4.79 Å². The number of halogens is 1. The third-order valence-corrected chi connectivity index (χ3v) is 5.30. The van der Waals surface area contributed by atoms with Crippen molar-refractivity contribution in [3.63, 3.8) is 0 Å². The summed E-state index contributed by atoms with van der Waals surface area (Å²) in [6, 6.07) is 5.23. The zero-order valence-corrected chi connectivity index (χ0v) is 16.2. The number of nitrogens with zero attached hydrogens (tertiary/aromatic N) is 2. The number of aryl methyl sites for hydroxylation is 1. The van der Waals surface area contributed by atoms with Gasteiger partial charge in [-0.2, -0.15) is 5.10 Å². The Balaban J connectivity index is 0.00000196. The second-order valence-electron chi connectivity index (χ2n) is 6.24. The number of rotatable bonds is 3. The molecular formula is C17H19ClN4O3S. The van der Waals surface area contributed by atoms with Crippen LogP contribution in [0.15, 0.2) is 18.2 Å².